The van der Waals surface area contributed by atoms with Crippen LogP contribution in [0.2, 0.25) is 0 Å². The van der Waals surface area contributed by atoms with Crippen molar-refractivity contribution in [3.8, 4) is 0 Å². The van der Waals surface area contributed by atoms with Gasteiger partial charge in [0.2, 0.25) is 0 Å². The Balaban J connectivity index is 2.00. The van der Waals surface area contributed by atoms with Crippen LogP contribution in [0.1, 0.15) is 30.6 Å². The van der Waals surface area contributed by atoms with Gasteiger partial charge in [0.25, 0.3) is 0 Å². The standard InChI is InChI=1S/C12H18N2O/c1-9-3-5-14-8-12(9)10(2)15-11-4-6-13-7-11/h3,5,8,10-11,13H,4,6-7H2,1-2H3/t10-,11+/m1/s1. The molecule has 0 amide bonds. The molecule has 3 heteroatoms. The Labute approximate surface area is 90.9 Å². The minimum absolute atomic E-state index is 0.142. The Kier molecular flexibility index (Phi) is 3.34. The molecule has 0 radical (unpaired) electrons. The second-order valence-electron chi connectivity index (χ2n) is 4.13. The summed E-state index contributed by atoms with van der Waals surface area (Å²) in [5, 5.41) is 3.30. The molecule has 0 aromatic carbocycles. The maximum atomic E-state index is 5.98. The lowest BCUT2D eigenvalue weighted by molar-refractivity contribution is 0.00780. The van der Waals surface area contributed by atoms with Crippen LogP contribution in [0.15, 0.2) is 18.5 Å². The molecule has 0 aliphatic carbocycles. The monoisotopic (exact) mass is 206 g/mol. The molecule has 1 N–H and O–H groups in total. The largest absolute Gasteiger partial charge is 0.369 e. The van der Waals surface area contributed by atoms with Crippen LogP contribution in [0.5, 0.6) is 0 Å². The number of ether oxygens (including phenoxy) is 1. The molecule has 82 valence electrons. The molecule has 0 saturated carbocycles. The Bertz CT molecular complexity index is 321. The first-order valence-electron chi connectivity index (χ1n) is 5.54. The Morgan fingerprint density at radius 3 is 3.13 bits per heavy atom. The van der Waals surface area contributed by atoms with E-state index in [0.29, 0.717) is 6.10 Å². The van der Waals surface area contributed by atoms with Crippen LogP contribution < -0.4 is 5.32 Å². The van der Waals surface area contributed by atoms with E-state index in [9.17, 15) is 0 Å². The van der Waals surface area contributed by atoms with E-state index in [1.165, 1.54) is 11.1 Å². The van der Waals surface area contributed by atoms with Crippen molar-refractivity contribution in [3.63, 3.8) is 0 Å². The molecule has 0 spiro atoms. The van der Waals surface area contributed by atoms with Crippen LogP contribution in [0.4, 0.5) is 0 Å². The van der Waals surface area contributed by atoms with Crippen molar-refractivity contribution < 1.29 is 4.74 Å². The number of nitrogens with zero attached hydrogens (tertiary/aromatic N) is 1. The molecule has 1 aromatic heterocycles. The summed E-state index contributed by atoms with van der Waals surface area (Å²) in [4.78, 5) is 4.15. The van der Waals surface area contributed by atoms with Crippen LogP contribution in [0.3, 0.4) is 0 Å². The topological polar surface area (TPSA) is 34.1 Å². The molecule has 2 heterocycles. The number of hydrogen-bond acceptors (Lipinski definition) is 3. The minimum Gasteiger partial charge on any atom is -0.369 e. The van der Waals surface area contributed by atoms with Gasteiger partial charge in [-0.3, -0.25) is 4.98 Å². The van der Waals surface area contributed by atoms with Crippen LogP contribution in [0.25, 0.3) is 0 Å². The third-order valence-corrected chi connectivity index (χ3v) is 2.93. The molecule has 3 nitrogen and oxygen atoms in total. The summed E-state index contributed by atoms with van der Waals surface area (Å²) in [6, 6.07) is 2.03. The minimum atomic E-state index is 0.142. The third-order valence-electron chi connectivity index (χ3n) is 2.93. The summed E-state index contributed by atoms with van der Waals surface area (Å²) < 4.78 is 5.98. The van der Waals surface area contributed by atoms with Crippen LogP contribution >= 0.6 is 0 Å². The van der Waals surface area contributed by atoms with Crippen molar-refractivity contribution in [1.82, 2.24) is 10.3 Å². The fourth-order valence-corrected chi connectivity index (χ4v) is 2.01. The van der Waals surface area contributed by atoms with Crippen molar-refractivity contribution in [3.05, 3.63) is 29.6 Å². The zero-order valence-electron chi connectivity index (χ0n) is 9.36. The maximum absolute atomic E-state index is 5.98. The first kappa shape index (κ1) is 10.6. The molecule has 0 unspecified atom stereocenters. The highest BCUT2D eigenvalue weighted by Gasteiger charge is 2.19. The molecule has 1 fully saturated rings. The number of rotatable bonds is 3. The molecular weight excluding hydrogens is 188 g/mol. The highest BCUT2D eigenvalue weighted by molar-refractivity contribution is 5.23. The smallest absolute Gasteiger partial charge is 0.0818 e. The van der Waals surface area contributed by atoms with E-state index in [4.69, 9.17) is 4.74 Å². The molecule has 1 aromatic rings. The van der Waals surface area contributed by atoms with E-state index < -0.39 is 0 Å². The second kappa shape index (κ2) is 4.73. The first-order valence-corrected chi connectivity index (χ1v) is 5.54. The lowest BCUT2D eigenvalue weighted by atomic mass is 10.1. The van der Waals surface area contributed by atoms with E-state index in [1.807, 2.05) is 18.5 Å². The zero-order chi connectivity index (χ0) is 10.7. The average molecular weight is 206 g/mol. The van der Waals surface area contributed by atoms with Gasteiger partial charge in [-0.15, -0.1) is 0 Å². The normalized spacial score (nSPS) is 22.9. The van der Waals surface area contributed by atoms with E-state index in [0.717, 1.165) is 19.5 Å². The molecule has 2 atom stereocenters. The number of nitrogens with one attached hydrogen (secondary N) is 1. The predicted octanol–water partition coefficient (Wildman–Crippen LogP) is 1.83. The van der Waals surface area contributed by atoms with Gasteiger partial charge in [0.15, 0.2) is 0 Å². The van der Waals surface area contributed by atoms with Gasteiger partial charge in [-0.2, -0.15) is 0 Å². The van der Waals surface area contributed by atoms with E-state index in [-0.39, 0.29) is 6.10 Å². The van der Waals surface area contributed by atoms with Crippen molar-refractivity contribution in [2.24, 2.45) is 0 Å². The van der Waals surface area contributed by atoms with Crippen molar-refractivity contribution in [1.29, 1.82) is 0 Å². The third kappa shape index (κ3) is 2.55. The van der Waals surface area contributed by atoms with Gasteiger partial charge >= 0.3 is 0 Å². The fraction of sp³-hybridized carbons (Fsp3) is 0.583. The van der Waals surface area contributed by atoms with Crippen LogP contribution in [0, 0.1) is 6.92 Å². The van der Waals surface area contributed by atoms with Gasteiger partial charge in [-0.1, -0.05) is 0 Å². The predicted molar refractivity (Wildman–Crippen MR) is 59.7 cm³/mol. The molecule has 15 heavy (non-hydrogen) atoms. The molecule has 0 bridgehead atoms. The Morgan fingerprint density at radius 2 is 2.47 bits per heavy atom. The quantitative estimate of drug-likeness (QED) is 0.819. The zero-order valence-corrected chi connectivity index (χ0v) is 9.36. The fourth-order valence-electron chi connectivity index (χ4n) is 2.01. The number of pyridine rings is 1. The SMILES string of the molecule is Cc1ccncc1[C@@H](C)O[C@H]1CCNC1. The Morgan fingerprint density at radius 1 is 1.60 bits per heavy atom. The first-order chi connectivity index (χ1) is 7.27. The lowest BCUT2D eigenvalue weighted by Gasteiger charge is -2.19. The van der Waals surface area contributed by atoms with E-state index in [1.54, 1.807) is 0 Å². The molecule has 1 aliphatic heterocycles. The molecule has 1 aliphatic rings. The molecule has 1 saturated heterocycles. The molecule has 2 rings (SSSR count). The maximum Gasteiger partial charge on any atom is 0.0818 e. The number of aryl methyl sites for hydroxylation is 1. The van der Waals surface area contributed by atoms with Crippen LogP contribution in [-0.4, -0.2) is 24.2 Å². The summed E-state index contributed by atoms with van der Waals surface area (Å²) in [6.07, 6.45) is 5.34. The summed E-state index contributed by atoms with van der Waals surface area (Å²) in [6.45, 7) is 6.25. The summed E-state index contributed by atoms with van der Waals surface area (Å²) in [7, 11) is 0. The lowest BCUT2D eigenvalue weighted by Crippen LogP contribution is -2.19. The summed E-state index contributed by atoms with van der Waals surface area (Å²) in [5.41, 5.74) is 2.45. The van der Waals surface area contributed by atoms with Gasteiger partial charge in [0.05, 0.1) is 12.2 Å². The van der Waals surface area contributed by atoms with Gasteiger partial charge < -0.3 is 10.1 Å². The summed E-state index contributed by atoms with van der Waals surface area (Å²) in [5.74, 6) is 0. The van der Waals surface area contributed by atoms with Crippen molar-refractivity contribution in [2.75, 3.05) is 13.1 Å². The van der Waals surface area contributed by atoms with Gasteiger partial charge in [0, 0.05) is 24.5 Å². The van der Waals surface area contributed by atoms with Crippen molar-refractivity contribution in [2.45, 2.75) is 32.5 Å². The molecular formula is C12H18N2O. The average Bonchev–Trinajstić information content (AvgIpc) is 2.71. The highest BCUT2D eigenvalue weighted by Crippen LogP contribution is 2.22. The van der Waals surface area contributed by atoms with E-state index in [2.05, 4.69) is 24.1 Å². The summed E-state index contributed by atoms with van der Waals surface area (Å²) >= 11 is 0. The second-order valence-corrected chi connectivity index (χ2v) is 4.13. The van der Waals surface area contributed by atoms with E-state index >= 15 is 0 Å². The van der Waals surface area contributed by atoms with Gasteiger partial charge in [-0.25, -0.2) is 0 Å². The van der Waals surface area contributed by atoms with Gasteiger partial charge in [0.1, 0.15) is 0 Å². The van der Waals surface area contributed by atoms with Gasteiger partial charge in [-0.05, 0) is 38.4 Å². The number of hydrogen-bond donors (Lipinski definition) is 1. The Hall–Kier alpha value is -0.930. The van der Waals surface area contributed by atoms with Crippen molar-refractivity contribution >= 4 is 0 Å². The highest BCUT2D eigenvalue weighted by atomic mass is 16.5. The number of aromatic nitrogens is 1. The van der Waals surface area contributed by atoms with Crippen LogP contribution in [-0.2, 0) is 4.74 Å².